The molecule has 0 aliphatic carbocycles. The minimum absolute atomic E-state index is 0.111. The molecular weight excluding hydrogens is 276 g/mol. The highest BCUT2D eigenvalue weighted by Crippen LogP contribution is 2.17. The van der Waals surface area contributed by atoms with Crippen LogP contribution in [0.25, 0.3) is 0 Å². The molecule has 0 aromatic carbocycles. The second-order valence-electron chi connectivity index (χ2n) is 5.93. The first-order valence-corrected chi connectivity index (χ1v) is 7.24. The lowest BCUT2D eigenvalue weighted by Gasteiger charge is -2.28. The van der Waals surface area contributed by atoms with Gasteiger partial charge in [0.1, 0.15) is 0 Å². The first-order valence-electron chi connectivity index (χ1n) is 6.86. The zero-order chi connectivity index (χ0) is 15.2. The Balaban J connectivity index is 2.65. The third-order valence-electron chi connectivity index (χ3n) is 2.61. The van der Waals surface area contributed by atoms with Crippen molar-refractivity contribution in [3.05, 3.63) is 5.28 Å². The second-order valence-corrected chi connectivity index (χ2v) is 6.27. The third kappa shape index (κ3) is 6.34. The number of rotatable bonds is 8. The molecule has 1 aromatic heterocycles. The SMILES string of the molecule is CCCNc1nc(Cl)nc(NCC(C)(C)CN(C)C)n1. The summed E-state index contributed by atoms with van der Waals surface area (Å²) in [6.07, 6.45) is 1.00. The number of hydrogen-bond acceptors (Lipinski definition) is 6. The van der Waals surface area contributed by atoms with Crippen LogP contribution in [0.2, 0.25) is 5.28 Å². The van der Waals surface area contributed by atoms with E-state index >= 15 is 0 Å². The van der Waals surface area contributed by atoms with Crippen molar-refractivity contribution in [2.75, 3.05) is 44.4 Å². The molecule has 1 aromatic rings. The van der Waals surface area contributed by atoms with Crippen LogP contribution in [0.3, 0.4) is 0 Å². The molecule has 0 fully saturated rings. The van der Waals surface area contributed by atoms with Gasteiger partial charge in [0.2, 0.25) is 17.2 Å². The Morgan fingerprint density at radius 3 is 2.25 bits per heavy atom. The van der Waals surface area contributed by atoms with Gasteiger partial charge in [0.05, 0.1) is 0 Å². The highest BCUT2D eigenvalue weighted by Gasteiger charge is 2.19. The maximum absolute atomic E-state index is 5.91. The van der Waals surface area contributed by atoms with Crippen LogP contribution in [0.1, 0.15) is 27.2 Å². The van der Waals surface area contributed by atoms with Gasteiger partial charge < -0.3 is 15.5 Å². The highest BCUT2D eigenvalue weighted by molar-refractivity contribution is 6.28. The van der Waals surface area contributed by atoms with Gasteiger partial charge in [-0.05, 0) is 37.5 Å². The van der Waals surface area contributed by atoms with Crippen molar-refractivity contribution in [1.29, 1.82) is 0 Å². The monoisotopic (exact) mass is 300 g/mol. The lowest BCUT2D eigenvalue weighted by molar-refractivity contribution is 0.254. The van der Waals surface area contributed by atoms with Crippen LogP contribution in [-0.2, 0) is 0 Å². The largest absolute Gasteiger partial charge is 0.354 e. The van der Waals surface area contributed by atoms with E-state index in [1.54, 1.807) is 0 Å². The third-order valence-corrected chi connectivity index (χ3v) is 2.78. The number of hydrogen-bond donors (Lipinski definition) is 2. The number of nitrogens with zero attached hydrogens (tertiary/aromatic N) is 4. The Bertz CT molecular complexity index is 421. The summed E-state index contributed by atoms with van der Waals surface area (Å²) in [7, 11) is 4.13. The van der Waals surface area contributed by atoms with Crippen molar-refractivity contribution in [2.24, 2.45) is 5.41 Å². The van der Waals surface area contributed by atoms with Crippen LogP contribution in [0.4, 0.5) is 11.9 Å². The molecule has 0 unspecified atom stereocenters. The average molecular weight is 301 g/mol. The molecule has 0 bridgehead atoms. The van der Waals surface area contributed by atoms with Crippen LogP contribution >= 0.6 is 11.6 Å². The molecular formula is C13H25ClN6. The summed E-state index contributed by atoms with van der Waals surface area (Å²) in [5, 5.41) is 6.55. The van der Waals surface area contributed by atoms with E-state index < -0.39 is 0 Å². The molecule has 0 aliphatic heterocycles. The van der Waals surface area contributed by atoms with Crippen molar-refractivity contribution in [1.82, 2.24) is 19.9 Å². The predicted octanol–water partition coefficient (Wildman–Crippen LogP) is 2.35. The Kier molecular flexibility index (Phi) is 6.42. The van der Waals surface area contributed by atoms with Crippen LogP contribution in [0.15, 0.2) is 0 Å². The fraction of sp³-hybridized carbons (Fsp3) is 0.769. The standard InChI is InChI=1S/C13H25ClN6/c1-6-7-15-11-17-10(14)18-12(19-11)16-8-13(2,3)9-20(4)5/h6-9H2,1-5H3,(H2,15,16,17,18,19). The predicted molar refractivity (Wildman–Crippen MR) is 84.4 cm³/mol. The van der Waals surface area contributed by atoms with Gasteiger partial charge >= 0.3 is 0 Å². The smallest absolute Gasteiger partial charge is 0.228 e. The normalized spacial score (nSPS) is 11.8. The molecule has 20 heavy (non-hydrogen) atoms. The summed E-state index contributed by atoms with van der Waals surface area (Å²) in [6.45, 7) is 9.02. The molecule has 0 spiro atoms. The van der Waals surface area contributed by atoms with Crippen LogP contribution < -0.4 is 10.6 Å². The molecule has 114 valence electrons. The summed E-state index contributed by atoms with van der Waals surface area (Å²) < 4.78 is 0. The summed E-state index contributed by atoms with van der Waals surface area (Å²) in [4.78, 5) is 14.6. The minimum atomic E-state index is 0.111. The van der Waals surface area contributed by atoms with Crippen molar-refractivity contribution in [3.63, 3.8) is 0 Å². The topological polar surface area (TPSA) is 66.0 Å². The quantitative estimate of drug-likeness (QED) is 0.768. The van der Waals surface area contributed by atoms with Gasteiger partial charge in [0, 0.05) is 19.6 Å². The van der Waals surface area contributed by atoms with E-state index in [4.69, 9.17) is 11.6 Å². The van der Waals surface area contributed by atoms with E-state index in [1.165, 1.54) is 0 Å². The minimum Gasteiger partial charge on any atom is -0.354 e. The van der Waals surface area contributed by atoms with Gasteiger partial charge in [-0.25, -0.2) is 0 Å². The van der Waals surface area contributed by atoms with Crippen molar-refractivity contribution in [3.8, 4) is 0 Å². The molecule has 6 nitrogen and oxygen atoms in total. The van der Waals surface area contributed by atoms with E-state index in [0.29, 0.717) is 11.9 Å². The number of halogens is 1. The molecule has 0 amide bonds. The van der Waals surface area contributed by atoms with Crippen molar-refractivity contribution < 1.29 is 0 Å². The molecule has 2 N–H and O–H groups in total. The number of aromatic nitrogens is 3. The van der Waals surface area contributed by atoms with Crippen molar-refractivity contribution in [2.45, 2.75) is 27.2 Å². The summed E-state index contributed by atoms with van der Waals surface area (Å²) in [5.41, 5.74) is 0.111. The lowest BCUT2D eigenvalue weighted by Crippen LogP contribution is -2.34. The van der Waals surface area contributed by atoms with Crippen LogP contribution in [-0.4, -0.2) is 53.6 Å². The molecule has 7 heteroatoms. The molecule has 0 saturated heterocycles. The fourth-order valence-electron chi connectivity index (χ4n) is 1.98. The van der Waals surface area contributed by atoms with E-state index in [1.807, 2.05) is 0 Å². The van der Waals surface area contributed by atoms with E-state index in [2.05, 4.69) is 65.4 Å². The maximum Gasteiger partial charge on any atom is 0.228 e. The first kappa shape index (κ1) is 16.9. The van der Waals surface area contributed by atoms with Crippen molar-refractivity contribution >= 4 is 23.5 Å². The molecule has 1 heterocycles. The zero-order valence-corrected chi connectivity index (χ0v) is 13.8. The van der Waals surface area contributed by atoms with Gasteiger partial charge in [-0.3, -0.25) is 0 Å². The molecule has 0 saturated carbocycles. The first-order chi connectivity index (χ1) is 9.32. The number of nitrogens with one attached hydrogen (secondary N) is 2. The fourth-order valence-corrected chi connectivity index (χ4v) is 2.14. The van der Waals surface area contributed by atoms with Gasteiger partial charge in [-0.1, -0.05) is 20.8 Å². The van der Waals surface area contributed by atoms with E-state index in [-0.39, 0.29) is 10.7 Å². The lowest BCUT2D eigenvalue weighted by atomic mass is 9.93. The van der Waals surface area contributed by atoms with E-state index in [0.717, 1.165) is 26.1 Å². The van der Waals surface area contributed by atoms with Gasteiger partial charge in [0.15, 0.2) is 0 Å². The van der Waals surface area contributed by atoms with Gasteiger partial charge in [-0.15, -0.1) is 0 Å². The maximum atomic E-state index is 5.91. The summed E-state index contributed by atoms with van der Waals surface area (Å²) in [6, 6.07) is 0. The zero-order valence-electron chi connectivity index (χ0n) is 13.0. The second kappa shape index (κ2) is 7.59. The highest BCUT2D eigenvalue weighted by atomic mass is 35.5. The van der Waals surface area contributed by atoms with Gasteiger partial charge in [0.25, 0.3) is 0 Å². The Morgan fingerprint density at radius 1 is 1.10 bits per heavy atom. The molecule has 0 aliphatic rings. The molecule has 0 radical (unpaired) electrons. The Labute approximate surface area is 126 Å². The van der Waals surface area contributed by atoms with Crippen LogP contribution in [0.5, 0.6) is 0 Å². The Morgan fingerprint density at radius 2 is 1.70 bits per heavy atom. The van der Waals surface area contributed by atoms with E-state index in [9.17, 15) is 0 Å². The van der Waals surface area contributed by atoms with Crippen LogP contribution in [0, 0.1) is 5.41 Å². The summed E-state index contributed by atoms with van der Waals surface area (Å²) >= 11 is 5.91. The molecule has 0 atom stereocenters. The summed E-state index contributed by atoms with van der Waals surface area (Å²) in [5.74, 6) is 1.02. The number of anilines is 2. The average Bonchev–Trinajstić information content (AvgIpc) is 2.32. The van der Waals surface area contributed by atoms with Gasteiger partial charge in [-0.2, -0.15) is 15.0 Å². The Hall–Kier alpha value is -1.14. The molecule has 1 rings (SSSR count).